The molecule has 8 nitrogen and oxygen atoms in total. The van der Waals surface area contributed by atoms with Crippen molar-refractivity contribution >= 4 is 23.2 Å². The molecular weight excluding hydrogens is 382 g/mol. The zero-order valence-corrected chi connectivity index (χ0v) is 16.6. The van der Waals surface area contributed by atoms with Crippen LogP contribution in [-0.2, 0) is 6.54 Å². The Kier molecular flexibility index (Phi) is 5.83. The lowest BCUT2D eigenvalue weighted by Crippen LogP contribution is -2.34. The van der Waals surface area contributed by atoms with Crippen molar-refractivity contribution in [2.45, 2.75) is 26.0 Å². The Bertz CT molecular complexity index is 974. The molecule has 0 aliphatic carbocycles. The van der Waals surface area contributed by atoms with E-state index in [4.69, 9.17) is 16.3 Å². The molecule has 3 aromatic rings. The van der Waals surface area contributed by atoms with E-state index < -0.39 is 5.60 Å². The SMILES string of the molecule is COc1nc(Nc2cc(C)cc(-c3cnn(C[C@](C)(O)CO)c3)c2)ncc1Cl. The predicted molar refractivity (Wildman–Crippen MR) is 107 cm³/mol. The number of benzene rings is 1. The molecule has 0 amide bonds. The third-order valence-electron chi connectivity index (χ3n) is 4.05. The molecule has 2 heterocycles. The number of hydrogen-bond acceptors (Lipinski definition) is 7. The summed E-state index contributed by atoms with van der Waals surface area (Å²) < 4.78 is 6.72. The lowest BCUT2D eigenvalue weighted by molar-refractivity contribution is -0.0145. The highest BCUT2D eigenvalue weighted by Crippen LogP contribution is 2.27. The molecule has 3 rings (SSSR count). The van der Waals surface area contributed by atoms with Crippen molar-refractivity contribution in [3.63, 3.8) is 0 Å². The van der Waals surface area contributed by atoms with Crippen LogP contribution in [0.25, 0.3) is 11.1 Å². The number of ether oxygens (including phenoxy) is 1. The van der Waals surface area contributed by atoms with Gasteiger partial charge in [-0.3, -0.25) is 4.68 Å². The van der Waals surface area contributed by atoms with Gasteiger partial charge in [-0.25, -0.2) is 4.98 Å². The molecule has 3 N–H and O–H groups in total. The Hall–Kier alpha value is -2.68. The first-order valence-corrected chi connectivity index (χ1v) is 8.99. The van der Waals surface area contributed by atoms with Crippen molar-refractivity contribution in [2.75, 3.05) is 19.0 Å². The molecule has 0 bridgehead atoms. The van der Waals surface area contributed by atoms with Crippen LogP contribution in [0.3, 0.4) is 0 Å². The lowest BCUT2D eigenvalue weighted by atomic mass is 10.1. The molecule has 0 fully saturated rings. The van der Waals surface area contributed by atoms with E-state index in [-0.39, 0.29) is 13.2 Å². The first-order valence-electron chi connectivity index (χ1n) is 8.61. The molecule has 148 valence electrons. The van der Waals surface area contributed by atoms with E-state index in [1.807, 2.05) is 31.3 Å². The molecule has 9 heteroatoms. The molecule has 28 heavy (non-hydrogen) atoms. The first kappa shape index (κ1) is 20.1. The van der Waals surface area contributed by atoms with Gasteiger partial charge in [0.2, 0.25) is 11.8 Å². The van der Waals surface area contributed by atoms with E-state index in [1.54, 1.807) is 17.8 Å². The fourth-order valence-electron chi connectivity index (χ4n) is 2.70. The number of aliphatic hydroxyl groups is 2. The number of hydrogen-bond donors (Lipinski definition) is 3. The number of anilines is 2. The molecule has 0 saturated heterocycles. The van der Waals surface area contributed by atoms with Crippen LogP contribution in [0.4, 0.5) is 11.6 Å². The third-order valence-corrected chi connectivity index (χ3v) is 4.31. The van der Waals surface area contributed by atoms with Crippen LogP contribution in [0.5, 0.6) is 5.88 Å². The fraction of sp³-hybridized carbons (Fsp3) is 0.316. The number of nitrogens with zero attached hydrogens (tertiary/aromatic N) is 4. The predicted octanol–water partition coefficient (Wildman–Crippen LogP) is 2.80. The van der Waals surface area contributed by atoms with Gasteiger partial charge >= 0.3 is 0 Å². The van der Waals surface area contributed by atoms with Crippen molar-refractivity contribution in [2.24, 2.45) is 0 Å². The Morgan fingerprint density at radius 3 is 2.75 bits per heavy atom. The summed E-state index contributed by atoms with van der Waals surface area (Å²) in [5.41, 5.74) is 2.44. The van der Waals surface area contributed by atoms with Gasteiger partial charge < -0.3 is 20.3 Å². The fourth-order valence-corrected chi connectivity index (χ4v) is 2.87. The van der Waals surface area contributed by atoms with E-state index in [9.17, 15) is 10.2 Å². The minimum atomic E-state index is -1.23. The molecule has 0 aliphatic heterocycles. The Balaban J connectivity index is 1.85. The average molecular weight is 404 g/mol. The second-order valence-electron chi connectivity index (χ2n) is 6.85. The summed E-state index contributed by atoms with van der Waals surface area (Å²) in [6, 6.07) is 5.94. The molecular formula is C19H22ClN5O3. The highest BCUT2D eigenvalue weighted by Gasteiger charge is 2.20. The van der Waals surface area contributed by atoms with Gasteiger partial charge in [0.05, 0.1) is 32.7 Å². The summed E-state index contributed by atoms with van der Waals surface area (Å²) in [5.74, 6) is 0.664. The van der Waals surface area contributed by atoms with E-state index in [2.05, 4.69) is 20.4 Å². The van der Waals surface area contributed by atoms with Gasteiger partial charge in [0, 0.05) is 17.4 Å². The minimum absolute atomic E-state index is 0.193. The van der Waals surface area contributed by atoms with Crippen molar-refractivity contribution in [1.29, 1.82) is 0 Å². The van der Waals surface area contributed by atoms with Gasteiger partial charge in [-0.2, -0.15) is 10.1 Å². The van der Waals surface area contributed by atoms with Crippen LogP contribution >= 0.6 is 11.6 Å². The van der Waals surface area contributed by atoms with Gasteiger partial charge in [-0.15, -0.1) is 0 Å². The highest BCUT2D eigenvalue weighted by atomic mass is 35.5. The largest absolute Gasteiger partial charge is 0.480 e. The number of nitrogens with one attached hydrogen (secondary N) is 1. The molecule has 0 saturated carbocycles. The first-order chi connectivity index (χ1) is 13.3. The maximum absolute atomic E-state index is 10.0. The zero-order valence-electron chi connectivity index (χ0n) is 15.8. The van der Waals surface area contributed by atoms with E-state index >= 15 is 0 Å². The zero-order chi connectivity index (χ0) is 20.3. The molecule has 0 radical (unpaired) electrons. The van der Waals surface area contributed by atoms with Crippen LogP contribution in [0, 0.1) is 6.92 Å². The molecule has 0 spiro atoms. The summed E-state index contributed by atoms with van der Waals surface area (Å²) >= 11 is 5.97. The second-order valence-corrected chi connectivity index (χ2v) is 7.25. The van der Waals surface area contributed by atoms with Gasteiger partial charge in [0.15, 0.2) is 0 Å². The number of halogens is 1. The Morgan fingerprint density at radius 2 is 2.04 bits per heavy atom. The summed E-state index contributed by atoms with van der Waals surface area (Å²) in [7, 11) is 1.49. The topological polar surface area (TPSA) is 105 Å². The third kappa shape index (κ3) is 4.78. The quantitative estimate of drug-likeness (QED) is 0.557. The average Bonchev–Trinajstić information content (AvgIpc) is 3.10. The minimum Gasteiger partial charge on any atom is -0.480 e. The van der Waals surface area contributed by atoms with Crippen molar-refractivity contribution in [3.05, 3.63) is 47.4 Å². The number of rotatable bonds is 7. The summed E-state index contributed by atoms with van der Waals surface area (Å²) in [6.45, 7) is 3.40. The van der Waals surface area contributed by atoms with Gasteiger partial charge in [0.1, 0.15) is 10.6 Å². The van der Waals surface area contributed by atoms with Crippen molar-refractivity contribution in [1.82, 2.24) is 19.7 Å². The summed E-state index contributed by atoms with van der Waals surface area (Å²) in [5, 5.41) is 27.0. The van der Waals surface area contributed by atoms with E-state index in [0.717, 1.165) is 22.4 Å². The lowest BCUT2D eigenvalue weighted by Gasteiger charge is -2.19. The molecule has 1 aromatic carbocycles. The van der Waals surface area contributed by atoms with Gasteiger partial charge in [-0.05, 0) is 37.1 Å². The van der Waals surface area contributed by atoms with Crippen molar-refractivity contribution in [3.8, 4) is 17.0 Å². The Morgan fingerprint density at radius 1 is 1.25 bits per heavy atom. The number of methoxy groups -OCH3 is 1. The maximum Gasteiger partial charge on any atom is 0.237 e. The van der Waals surface area contributed by atoms with Crippen LogP contribution in [0.2, 0.25) is 5.02 Å². The molecule has 0 aliphatic rings. The van der Waals surface area contributed by atoms with Crippen LogP contribution in [0.15, 0.2) is 36.8 Å². The summed E-state index contributed by atoms with van der Waals surface area (Å²) in [4.78, 5) is 8.39. The Labute approximate surface area is 167 Å². The molecule has 0 unspecified atom stereocenters. The number of aliphatic hydroxyl groups excluding tert-OH is 1. The number of aryl methyl sites for hydroxylation is 1. The molecule has 2 aromatic heterocycles. The highest BCUT2D eigenvalue weighted by molar-refractivity contribution is 6.31. The van der Waals surface area contributed by atoms with Crippen LogP contribution < -0.4 is 10.1 Å². The number of aromatic nitrogens is 4. The maximum atomic E-state index is 10.0. The summed E-state index contributed by atoms with van der Waals surface area (Å²) in [6.07, 6.45) is 5.02. The van der Waals surface area contributed by atoms with Crippen LogP contribution in [-0.4, -0.2) is 49.3 Å². The van der Waals surface area contributed by atoms with Gasteiger partial charge in [0.25, 0.3) is 0 Å². The molecule has 1 atom stereocenters. The van der Waals surface area contributed by atoms with Gasteiger partial charge in [-0.1, -0.05) is 17.7 Å². The van der Waals surface area contributed by atoms with Crippen molar-refractivity contribution < 1.29 is 14.9 Å². The second kappa shape index (κ2) is 8.14. The standard InChI is InChI=1S/C19H22ClN5O3/c1-12-4-13(14-7-22-25(9-14)10-19(2,27)11-26)6-15(5-12)23-18-21-8-16(20)17(24-18)28-3/h4-9,26-27H,10-11H2,1-3H3,(H,21,23,24)/t19-/m0/s1. The normalized spacial score (nSPS) is 13.2. The van der Waals surface area contributed by atoms with E-state index in [0.29, 0.717) is 16.9 Å². The monoisotopic (exact) mass is 403 g/mol. The van der Waals surface area contributed by atoms with E-state index in [1.165, 1.54) is 13.3 Å². The van der Waals surface area contributed by atoms with Crippen LogP contribution in [0.1, 0.15) is 12.5 Å². The smallest absolute Gasteiger partial charge is 0.237 e.